The number of hydrogen-bond donors (Lipinski definition) is 0. The molecule has 0 aromatic carbocycles. The molecule has 0 aliphatic carbocycles. The Morgan fingerprint density at radius 3 is 2.10 bits per heavy atom. The van der Waals surface area contributed by atoms with E-state index >= 15 is 0 Å². The van der Waals surface area contributed by atoms with Crippen molar-refractivity contribution in [3.05, 3.63) is 11.5 Å². The zero-order chi connectivity index (χ0) is 15.6. The molecule has 1 aromatic heterocycles. The average molecular weight is 333 g/mol. The molecule has 0 radical (unpaired) electrons. The summed E-state index contributed by atoms with van der Waals surface area (Å²) in [5.74, 6) is 0. The molecule has 2 aliphatic heterocycles. The zero-order valence-corrected chi connectivity index (χ0v) is 14.4. The lowest BCUT2D eigenvalue weighted by Crippen LogP contribution is -2.35. The van der Waals surface area contributed by atoms with E-state index in [2.05, 4.69) is 30.8 Å². The Kier molecular flexibility index (Phi) is 3.23. The minimum Gasteiger partial charge on any atom is -0.308 e. The van der Waals surface area contributed by atoms with Crippen LogP contribution in [-0.4, -0.2) is 60.4 Å². The van der Waals surface area contributed by atoms with Crippen LogP contribution in [-0.2, 0) is 17.1 Å². The Morgan fingerprint density at radius 1 is 1.14 bits per heavy atom. The highest BCUT2D eigenvalue weighted by Gasteiger charge is 2.59. The molecule has 0 spiro atoms. The van der Waals surface area contributed by atoms with Gasteiger partial charge in [-0.05, 0) is 18.6 Å². The van der Waals surface area contributed by atoms with Gasteiger partial charge in [0.2, 0.25) is 5.28 Å². The fraction of sp³-hybridized carbons (Fsp3) is 0.769. The molecule has 8 heteroatoms. The summed E-state index contributed by atoms with van der Waals surface area (Å²) in [4.78, 5) is 6.17. The van der Waals surface area contributed by atoms with Crippen LogP contribution in [0.3, 0.4) is 0 Å². The van der Waals surface area contributed by atoms with Crippen molar-refractivity contribution in [1.82, 2.24) is 18.8 Å². The third-order valence-electron chi connectivity index (χ3n) is 5.24. The number of nitrogens with zero attached hydrogens (tertiary/aromatic N) is 4. The topological polar surface area (TPSA) is 58.4 Å². The van der Waals surface area contributed by atoms with Gasteiger partial charge in [-0.15, -0.1) is 0 Å². The standard InChI is InChI=1S/C13H21ClN4O2S/c1-12-6-16(3)7-13(12,2)9-18(8-12)21(19,20)10-5-15-11(14)17(10)4/h5H,6-9H2,1-4H3. The third-order valence-corrected chi connectivity index (χ3v) is 7.44. The number of aromatic nitrogens is 2. The molecule has 1 aromatic rings. The van der Waals surface area contributed by atoms with Gasteiger partial charge in [-0.25, -0.2) is 13.4 Å². The first-order valence-corrected chi connectivity index (χ1v) is 8.77. The van der Waals surface area contributed by atoms with E-state index < -0.39 is 10.0 Å². The molecule has 0 N–H and O–H groups in total. The number of fused-ring (bicyclic) bond motifs is 1. The molecule has 0 saturated carbocycles. The maximum atomic E-state index is 12.9. The highest BCUT2D eigenvalue weighted by atomic mass is 35.5. The average Bonchev–Trinajstić information content (AvgIpc) is 2.86. The Hall–Kier alpha value is -0.630. The molecule has 2 unspecified atom stereocenters. The van der Waals surface area contributed by atoms with Crippen LogP contribution < -0.4 is 0 Å². The Bertz CT molecular complexity index is 668. The monoisotopic (exact) mass is 332 g/mol. The summed E-state index contributed by atoms with van der Waals surface area (Å²) >= 11 is 5.87. The second kappa shape index (κ2) is 4.44. The molecule has 0 amide bonds. The molecular formula is C13H21ClN4O2S. The van der Waals surface area contributed by atoms with Gasteiger partial charge < -0.3 is 9.47 Å². The molecule has 3 heterocycles. The maximum Gasteiger partial charge on any atom is 0.260 e. The molecule has 0 bridgehead atoms. The second-order valence-corrected chi connectivity index (χ2v) is 9.21. The zero-order valence-electron chi connectivity index (χ0n) is 12.8. The lowest BCUT2D eigenvalue weighted by molar-refractivity contribution is 0.212. The summed E-state index contributed by atoms with van der Waals surface area (Å²) in [6.07, 6.45) is 1.34. The summed E-state index contributed by atoms with van der Waals surface area (Å²) in [7, 11) is 0.160. The van der Waals surface area contributed by atoms with Crippen LogP contribution in [0.15, 0.2) is 11.2 Å². The predicted molar refractivity (Wildman–Crippen MR) is 80.7 cm³/mol. The minimum absolute atomic E-state index is 0.0167. The molecule has 2 atom stereocenters. The van der Waals surface area contributed by atoms with Crippen LogP contribution in [0.25, 0.3) is 0 Å². The molecule has 6 nitrogen and oxygen atoms in total. The number of imidazole rings is 1. The van der Waals surface area contributed by atoms with Crippen LogP contribution in [0, 0.1) is 10.8 Å². The molecule has 2 saturated heterocycles. The van der Waals surface area contributed by atoms with Crippen molar-refractivity contribution < 1.29 is 8.42 Å². The highest BCUT2D eigenvalue weighted by Crippen LogP contribution is 2.52. The largest absolute Gasteiger partial charge is 0.308 e. The van der Waals surface area contributed by atoms with Crippen LogP contribution in [0.5, 0.6) is 0 Å². The number of halogens is 1. The van der Waals surface area contributed by atoms with Gasteiger partial charge >= 0.3 is 0 Å². The summed E-state index contributed by atoms with van der Waals surface area (Å²) in [6.45, 7) is 7.28. The first-order valence-electron chi connectivity index (χ1n) is 6.95. The third kappa shape index (κ3) is 2.05. The van der Waals surface area contributed by atoms with E-state index in [9.17, 15) is 8.42 Å². The van der Waals surface area contributed by atoms with Gasteiger partial charge in [0.1, 0.15) is 0 Å². The first-order chi connectivity index (χ1) is 9.59. The van der Waals surface area contributed by atoms with Crippen LogP contribution >= 0.6 is 11.6 Å². The van der Waals surface area contributed by atoms with Crippen LogP contribution in [0.2, 0.25) is 5.28 Å². The summed E-state index contributed by atoms with van der Waals surface area (Å²) in [5.41, 5.74) is -0.0333. The Morgan fingerprint density at radius 2 is 1.67 bits per heavy atom. The smallest absolute Gasteiger partial charge is 0.260 e. The predicted octanol–water partition coefficient (Wildman–Crippen LogP) is 1.04. The van der Waals surface area contributed by atoms with Crippen molar-refractivity contribution >= 4 is 21.6 Å². The first kappa shape index (κ1) is 15.3. The van der Waals surface area contributed by atoms with Crippen molar-refractivity contribution in [3.8, 4) is 0 Å². The summed E-state index contributed by atoms with van der Waals surface area (Å²) < 4.78 is 28.7. The van der Waals surface area contributed by atoms with Gasteiger partial charge in [0.15, 0.2) is 5.03 Å². The van der Waals surface area contributed by atoms with E-state index in [1.165, 1.54) is 10.8 Å². The molecule has 118 valence electrons. The van der Waals surface area contributed by atoms with Crippen molar-refractivity contribution in [1.29, 1.82) is 0 Å². The lowest BCUT2D eigenvalue weighted by atomic mass is 9.71. The van der Waals surface area contributed by atoms with Crippen molar-refractivity contribution in [2.24, 2.45) is 17.9 Å². The Labute approximate surface area is 130 Å². The van der Waals surface area contributed by atoms with Crippen LogP contribution in [0.1, 0.15) is 13.8 Å². The molecule has 2 fully saturated rings. The normalized spacial score (nSPS) is 34.5. The fourth-order valence-corrected chi connectivity index (χ4v) is 5.84. The summed E-state index contributed by atoms with van der Waals surface area (Å²) in [6, 6.07) is 0. The van der Waals surface area contributed by atoms with Crippen molar-refractivity contribution in [2.45, 2.75) is 18.9 Å². The molecular weight excluding hydrogens is 312 g/mol. The number of likely N-dealkylation sites (tertiary alicyclic amines) is 1. The van der Waals surface area contributed by atoms with Gasteiger partial charge in [0.25, 0.3) is 10.0 Å². The van der Waals surface area contributed by atoms with E-state index in [-0.39, 0.29) is 21.1 Å². The van der Waals surface area contributed by atoms with Gasteiger partial charge in [-0.1, -0.05) is 13.8 Å². The maximum absolute atomic E-state index is 12.9. The van der Waals surface area contributed by atoms with Crippen molar-refractivity contribution in [3.63, 3.8) is 0 Å². The molecule has 3 rings (SSSR count). The van der Waals surface area contributed by atoms with E-state index in [0.29, 0.717) is 13.1 Å². The van der Waals surface area contributed by atoms with Gasteiger partial charge in [-0.2, -0.15) is 4.31 Å². The molecule has 21 heavy (non-hydrogen) atoms. The van der Waals surface area contributed by atoms with E-state index in [1.54, 1.807) is 11.4 Å². The second-order valence-electron chi connectivity index (χ2n) is 6.99. The number of sulfonamides is 1. The highest BCUT2D eigenvalue weighted by molar-refractivity contribution is 7.89. The van der Waals surface area contributed by atoms with E-state index in [4.69, 9.17) is 11.6 Å². The Balaban J connectivity index is 1.96. The minimum atomic E-state index is -3.55. The van der Waals surface area contributed by atoms with Gasteiger partial charge in [0, 0.05) is 44.1 Å². The SMILES string of the molecule is CN1CC2(C)CN(S(=O)(=O)c3cnc(Cl)n3C)CC2(C)C1. The van der Waals surface area contributed by atoms with Gasteiger partial charge in [-0.3, -0.25) is 0 Å². The fourth-order valence-electron chi connectivity index (χ4n) is 3.86. The number of rotatable bonds is 2. The summed E-state index contributed by atoms with van der Waals surface area (Å²) in [5, 5.41) is 0.346. The van der Waals surface area contributed by atoms with E-state index in [0.717, 1.165) is 13.1 Å². The van der Waals surface area contributed by atoms with Gasteiger partial charge in [0.05, 0.1) is 6.20 Å². The lowest BCUT2D eigenvalue weighted by Gasteiger charge is -2.30. The van der Waals surface area contributed by atoms with Crippen molar-refractivity contribution in [2.75, 3.05) is 33.2 Å². The number of hydrogen-bond acceptors (Lipinski definition) is 4. The molecule has 2 aliphatic rings. The van der Waals surface area contributed by atoms with Crippen LogP contribution in [0.4, 0.5) is 0 Å². The quantitative estimate of drug-likeness (QED) is 0.812. The van der Waals surface area contributed by atoms with E-state index in [1.807, 2.05) is 0 Å².